The van der Waals surface area contributed by atoms with Crippen LogP contribution in [-0.4, -0.2) is 68.5 Å². The maximum absolute atomic E-state index is 13.3. The summed E-state index contributed by atoms with van der Waals surface area (Å²) in [7, 11) is 0. The summed E-state index contributed by atoms with van der Waals surface area (Å²) in [4.78, 5) is 28.4. The van der Waals surface area contributed by atoms with Crippen LogP contribution in [-0.2, 0) is 19.3 Å². The van der Waals surface area contributed by atoms with Gasteiger partial charge in [-0.15, -0.1) is 0 Å². The number of morpholine rings is 1. The number of nitrogens with one attached hydrogen (secondary N) is 1. The van der Waals surface area contributed by atoms with E-state index in [1.807, 2.05) is 0 Å². The molecule has 7 nitrogen and oxygen atoms in total. The fraction of sp³-hybridized carbons (Fsp3) is 0.781. The molecule has 3 aliphatic heterocycles. The van der Waals surface area contributed by atoms with E-state index in [2.05, 4.69) is 41.4 Å². The zero-order chi connectivity index (χ0) is 26.7. The molecule has 1 spiro atoms. The van der Waals surface area contributed by atoms with Gasteiger partial charge in [0.1, 0.15) is 18.0 Å². The van der Waals surface area contributed by atoms with E-state index < -0.39 is 0 Å². The van der Waals surface area contributed by atoms with Crippen LogP contribution in [0.2, 0.25) is 0 Å². The maximum Gasteiger partial charge on any atom is 0.226 e. The lowest BCUT2D eigenvalue weighted by Gasteiger charge is -2.48. The molecular weight excluding hydrogens is 492 g/mol. The van der Waals surface area contributed by atoms with Crippen LogP contribution in [0, 0.1) is 17.3 Å². The fourth-order valence-electron chi connectivity index (χ4n) is 8.45. The molecule has 3 saturated heterocycles. The summed E-state index contributed by atoms with van der Waals surface area (Å²) in [5, 5.41) is 3.23. The van der Waals surface area contributed by atoms with Crippen molar-refractivity contribution in [3.8, 4) is 5.75 Å². The Bertz CT molecular complexity index is 956. The molecular formula is C32H48N2O5. The van der Waals surface area contributed by atoms with Crippen LogP contribution < -0.4 is 10.1 Å². The van der Waals surface area contributed by atoms with Crippen molar-refractivity contribution in [1.29, 1.82) is 0 Å². The largest absolute Gasteiger partial charge is 0.492 e. The number of nitrogens with zero attached hydrogens (tertiary/aromatic N) is 1. The van der Waals surface area contributed by atoms with Crippen LogP contribution in [0.3, 0.4) is 0 Å². The standard InChI is InChI=1S/C32H48N2O5/c1-2-11-33-30(35)31-20-24-18-25(21-31)22-32(39-38-29(19-24)23-31)9-7-27(8-10-32)26-3-5-28(6-4-26)37-17-14-34-12-15-36-16-13-34/h3-6,24-25,27,29H,2,7-23H2,1H3,(H,33,35)/t24?,25?,27-,29?,31?,32+. The highest BCUT2D eigenvalue weighted by molar-refractivity contribution is 5.83. The molecule has 4 atom stereocenters. The van der Waals surface area contributed by atoms with Gasteiger partial charge in [0, 0.05) is 26.2 Å². The molecule has 7 heteroatoms. The van der Waals surface area contributed by atoms with Crippen LogP contribution in [0.15, 0.2) is 24.3 Å². The topological polar surface area (TPSA) is 69.3 Å². The van der Waals surface area contributed by atoms with Crippen molar-refractivity contribution in [2.75, 3.05) is 46.0 Å². The zero-order valence-corrected chi connectivity index (χ0v) is 23.8. The van der Waals surface area contributed by atoms with Crippen LogP contribution in [0.4, 0.5) is 0 Å². The van der Waals surface area contributed by atoms with Crippen molar-refractivity contribution in [3.63, 3.8) is 0 Å². The molecule has 1 aromatic carbocycles. The van der Waals surface area contributed by atoms with Gasteiger partial charge in [-0.3, -0.25) is 9.69 Å². The summed E-state index contributed by atoms with van der Waals surface area (Å²) in [6, 6.07) is 8.78. The zero-order valence-electron chi connectivity index (χ0n) is 23.8. The first-order valence-corrected chi connectivity index (χ1v) is 15.7. The van der Waals surface area contributed by atoms with Crippen molar-refractivity contribution in [2.45, 2.75) is 95.2 Å². The molecule has 39 heavy (non-hydrogen) atoms. The Hall–Kier alpha value is -1.67. The van der Waals surface area contributed by atoms with Crippen molar-refractivity contribution >= 4 is 5.91 Å². The highest BCUT2D eigenvalue weighted by Gasteiger charge is 2.54. The molecule has 0 radical (unpaired) electrons. The normalized spacial score (nSPS) is 36.7. The van der Waals surface area contributed by atoms with Gasteiger partial charge in [0.25, 0.3) is 0 Å². The lowest BCUT2D eigenvalue weighted by molar-refractivity contribution is -0.395. The van der Waals surface area contributed by atoms with Gasteiger partial charge in [0.2, 0.25) is 5.91 Å². The second kappa shape index (κ2) is 12.1. The number of fused-ring (bicyclic) bond motifs is 1. The minimum Gasteiger partial charge on any atom is -0.492 e. The molecule has 1 aromatic rings. The lowest BCUT2D eigenvalue weighted by Crippen LogP contribution is -2.51. The van der Waals surface area contributed by atoms with Crippen LogP contribution in [0.25, 0.3) is 0 Å². The summed E-state index contributed by atoms with van der Waals surface area (Å²) in [5.41, 5.74) is 0.939. The third kappa shape index (κ3) is 6.32. The first-order chi connectivity index (χ1) is 19.0. The number of hydrogen-bond acceptors (Lipinski definition) is 6. The summed E-state index contributed by atoms with van der Waals surface area (Å²) >= 11 is 0. The van der Waals surface area contributed by atoms with E-state index in [0.717, 1.165) is 109 Å². The molecule has 6 fully saturated rings. The van der Waals surface area contributed by atoms with Gasteiger partial charge in [-0.05, 0) is 106 Å². The smallest absolute Gasteiger partial charge is 0.226 e. The van der Waals surface area contributed by atoms with Crippen molar-refractivity contribution in [2.24, 2.45) is 17.3 Å². The van der Waals surface area contributed by atoms with Gasteiger partial charge in [-0.2, -0.15) is 0 Å². The highest BCUT2D eigenvalue weighted by atomic mass is 17.2. The SMILES string of the molecule is CCCNC(=O)C12CC3CC(C1)C[C@]1(CC[C@H](c4ccc(OCCN5CCOCC5)cc4)CC1)OOC(C3)C2. The van der Waals surface area contributed by atoms with E-state index in [9.17, 15) is 4.79 Å². The van der Waals surface area contributed by atoms with Gasteiger partial charge in [-0.1, -0.05) is 19.1 Å². The maximum atomic E-state index is 13.3. The van der Waals surface area contributed by atoms with Crippen LogP contribution in [0.5, 0.6) is 5.75 Å². The van der Waals surface area contributed by atoms with Crippen molar-refractivity contribution in [3.05, 3.63) is 29.8 Å². The van der Waals surface area contributed by atoms with Gasteiger partial charge in [-0.25, -0.2) is 9.78 Å². The quantitative estimate of drug-likeness (QED) is 0.455. The van der Waals surface area contributed by atoms with E-state index >= 15 is 0 Å². The third-order valence-electron chi connectivity index (χ3n) is 10.3. The van der Waals surface area contributed by atoms with Crippen molar-refractivity contribution in [1.82, 2.24) is 10.2 Å². The Morgan fingerprint density at radius 3 is 2.56 bits per heavy atom. The second-order valence-electron chi connectivity index (χ2n) is 13.2. The molecule has 3 saturated carbocycles. The second-order valence-corrected chi connectivity index (χ2v) is 13.2. The number of amides is 1. The minimum absolute atomic E-state index is 0.0422. The molecule has 4 bridgehead atoms. The van der Waals surface area contributed by atoms with Crippen LogP contribution in [0.1, 0.15) is 89.0 Å². The number of carbonyl (C=O) groups excluding carboxylic acids is 1. The lowest BCUT2D eigenvalue weighted by atomic mass is 9.56. The summed E-state index contributed by atoms with van der Waals surface area (Å²) in [6.07, 6.45) is 11.4. The fourth-order valence-corrected chi connectivity index (χ4v) is 8.45. The summed E-state index contributed by atoms with van der Waals surface area (Å²) < 4.78 is 11.5. The molecule has 3 heterocycles. The third-order valence-corrected chi connectivity index (χ3v) is 10.3. The minimum atomic E-state index is -0.260. The monoisotopic (exact) mass is 540 g/mol. The predicted molar refractivity (Wildman–Crippen MR) is 150 cm³/mol. The molecule has 0 aromatic heterocycles. The number of ether oxygens (including phenoxy) is 2. The first-order valence-electron chi connectivity index (χ1n) is 15.7. The van der Waals surface area contributed by atoms with Gasteiger partial charge in [0.05, 0.1) is 24.7 Å². The van der Waals surface area contributed by atoms with Crippen molar-refractivity contribution < 1.29 is 24.0 Å². The number of carbonyl (C=O) groups is 1. The Labute approximate surface area is 234 Å². The van der Waals surface area contributed by atoms with E-state index in [-0.39, 0.29) is 23.0 Å². The van der Waals surface area contributed by atoms with E-state index in [1.165, 1.54) is 12.0 Å². The predicted octanol–water partition coefficient (Wildman–Crippen LogP) is 5.24. The Morgan fingerprint density at radius 1 is 1.03 bits per heavy atom. The summed E-state index contributed by atoms with van der Waals surface area (Å²) in [5.74, 6) is 2.90. The number of benzene rings is 1. The molecule has 216 valence electrons. The van der Waals surface area contributed by atoms with Gasteiger partial charge in [0.15, 0.2) is 0 Å². The van der Waals surface area contributed by atoms with E-state index in [4.69, 9.17) is 19.2 Å². The summed E-state index contributed by atoms with van der Waals surface area (Å²) in [6.45, 7) is 8.20. The number of hydrogen-bond donors (Lipinski definition) is 1. The molecule has 6 aliphatic rings. The Balaban J connectivity index is 1.04. The average molecular weight is 541 g/mol. The Morgan fingerprint density at radius 2 is 1.79 bits per heavy atom. The molecule has 4 unspecified atom stereocenters. The molecule has 7 rings (SSSR count). The molecule has 1 N–H and O–H groups in total. The van der Waals surface area contributed by atoms with E-state index in [0.29, 0.717) is 24.4 Å². The Kier molecular flexibility index (Phi) is 8.50. The molecule has 1 amide bonds. The average Bonchev–Trinajstić information content (AvgIpc) is 3.03. The van der Waals surface area contributed by atoms with Crippen LogP contribution >= 0.6 is 0 Å². The highest BCUT2D eigenvalue weighted by Crippen LogP contribution is 2.56. The molecule has 3 aliphatic carbocycles. The van der Waals surface area contributed by atoms with Gasteiger partial charge < -0.3 is 14.8 Å². The first kappa shape index (κ1) is 27.5. The van der Waals surface area contributed by atoms with Gasteiger partial charge >= 0.3 is 0 Å². The number of rotatable bonds is 8. The van der Waals surface area contributed by atoms with E-state index in [1.54, 1.807) is 0 Å².